The van der Waals surface area contributed by atoms with E-state index >= 15 is 0 Å². The summed E-state index contributed by atoms with van der Waals surface area (Å²) in [5.74, 6) is 0. The maximum atomic E-state index is 12.1. The second kappa shape index (κ2) is 5.54. The van der Waals surface area contributed by atoms with Gasteiger partial charge in [-0.2, -0.15) is 13.2 Å². The fraction of sp³-hybridized carbons (Fsp3) is 1.00. The molecule has 5 heteroatoms. The summed E-state index contributed by atoms with van der Waals surface area (Å²) in [5, 5.41) is -0.320. The van der Waals surface area contributed by atoms with Crippen LogP contribution in [0.1, 0.15) is 40.5 Å². The van der Waals surface area contributed by atoms with E-state index in [0.717, 1.165) is 0 Å². The van der Waals surface area contributed by atoms with Crippen LogP contribution in [0, 0.1) is 0 Å². The first-order chi connectivity index (χ1) is 6.14. The molecule has 0 aliphatic carbocycles. The van der Waals surface area contributed by atoms with Crippen molar-refractivity contribution in [2.45, 2.75) is 56.7 Å². The van der Waals surface area contributed by atoms with Gasteiger partial charge in [0.2, 0.25) is 0 Å². The van der Waals surface area contributed by atoms with Crippen molar-refractivity contribution in [3.63, 3.8) is 0 Å². The van der Waals surface area contributed by atoms with E-state index in [1.54, 1.807) is 6.92 Å². The Hall–Kier alpha value is 0.490. The molecule has 0 aliphatic rings. The third-order valence-electron chi connectivity index (χ3n) is 1.35. The molecule has 0 rings (SSSR count). The van der Waals surface area contributed by atoms with Crippen LogP contribution >= 0.6 is 21.6 Å². The largest absolute Gasteiger partial charge is 0.390 e. The van der Waals surface area contributed by atoms with Crippen molar-refractivity contribution in [2.24, 2.45) is 0 Å². The third kappa shape index (κ3) is 9.06. The summed E-state index contributed by atoms with van der Waals surface area (Å²) >= 11 is 0. The number of alkyl halides is 3. The first kappa shape index (κ1) is 14.5. The molecule has 86 valence electrons. The Morgan fingerprint density at radius 3 is 1.93 bits per heavy atom. The smallest absolute Gasteiger partial charge is 0.171 e. The van der Waals surface area contributed by atoms with Gasteiger partial charge in [-0.05, 0) is 6.42 Å². The lowest BCUT2D eigenvalue weighted by Crippen LogP contribution is -2.17. The Kier molecular flexibility index (Phi) is 5.73. The van der Waals surface area contributed by atoms with Crippen molar-refractivity contribution >= 4 is 21.6 Å². The Balaban J connectivity index is 3.93. The van der Waals surface area contributed by atoms with Crippen LogP contribution in [-0.2, 0) is 0 Å². The van der Waals surface area contributed by atoms with Crippen LogP contribution in [0.4, 0.5) is 13.2 Å². The summed E-state index contributed by atoms with van der Waals surface area (Å²) < 4.78 is 36.3. The normalized spacial score (nSPS) is 15.6. The number of halogens is 3. The van der Waals surface area contributed by atoms with Crippen molar-refractivity contribution in [2.75, 3.05) is 0 Å². The van der Waals surface area contributed by atoms with E-state index in [1.807, 2.05) is 20.8 Å². The van der Waals surface area contributed by atoms with E-state index in [1.165, 1.54) is 21.6 Å². The summed E-state index contributed by atoms with van der Waals surface area (Å²) in [6.07, 6.45) is -4.16. The molecule has 0 saturated carbocycles. The zero-order valence-electron chi connectivity index (χ0n) is 8.94. The van der Waals surface area contributed by atoms with Crippen LogP contribution in [0.5, 0.6) is 0 Å². The van der Waals surface area contributed by atoms with Gasteiger partial charge in [-0.15, -0.1) is 0 Å². The molecule has 1 atom stereocenters. The molecule has 0 spiro atoms. The average molecular weight is 246 g/mol. The molecule has 0 radical (unpaired) electrons. The summed E-state index contributed by atoms with van der Waals surface area (Å²) in [6.45, 7) is 7.81. The van der Waals surface area contributed by atoms with Gasteiger partial charge in [0.05, 0.1) is 6.42 Å². The monoisotopic (exact) mass is 246 g/mol. The molecule has 1 unspecified atom stereocenters. The van der Waals surface area contributed by atoms with Crippen molar-refractivity contribution in [1.82, 2.24) is 0 Å². The second-order valence-corrected chi connectivity index (χ2v) is 7.47. The fourth-order valence-electron chi connectivity index (χ4n) is 0.717. The molecular weight excluding hydrogens is 229 g/mol. The Morgan fingerprint density at radius 1 is 1.14 bits per heavy atom. The molecular formula is C9H17F3S2. The molecule has 0 aliphatic heterocycles. The first-order valence-electron chi connectivity index (χ1n) is 4.55. The average Bonchev–Trinajstić information content (AvgIpc) is 1.94. The lowest BCUT2D eigenvalue weighted by Gasteiger charge is -2.21. The first-order valence-corrected chi connectivity index (χ1v) is 6.76. The van der Waals surface area contributed by atoms with Crippen LogP contribution in [0.25, 0.3) is 0 Å². The van der Waals surface area contributed by atoms with Gasteiger partial charge in [0.25, 0.3) is 0 Å². The van der Waals surface area contributed by atoms with Crippen molar-refractivity contribution in [3.8, 4) is 0 Å². The molecule has 0 N–H and O–H groups in total. The van der Waals surface area contributed by atoms with E-state index in [4.69, 9.17) is 0 Å². The van der Waals surface area contributed by atoms with Gasteiger partial charge in [0.15, 0.2) is 0 Å². The molecule has 0 aromatic heterocycles. The molecule has 0 bridgehead atoms. The zero-order chi connectivity index (χ0) is 11.4. The fourth-order valence-corrected chi connectivity index (χ4v) is 3.42. The van der Waals surface area contributed by atoms with Gasteiger partial charge >= 0.3 is 6.18 Å². The predicted octanol–water partition coefficient (Wildman–Crippen LogP) is 4.90. The van der Waals surface area contributed by atoms with Gasteiger partial charge in [-0.1, -0.05) is 49.3 Å². The highest BCUT2D eigenvalue weighted by Crippen LogP contribution is 2.42. The lowest BCUT2D eigenvalue weighted by molar-refractivity contribution is -0.134. The SMILES string of the molecule is CCC(CC(F)(F)F)SSC(C)(C)C. The van der Waals surface area contributed by atoms with Crippen LogP contribution in [-0.4, -0.2) is 16.2 Å². The number of hydrogen-bond acceptors (Lipinski definition) is 2. The third-order valence-corrected chi connectivity index (χ3v) is 5.32. The molecule has 0 amide bonds. The topological polar surface area (TPSA) is 0 Å². The van der Waals surface area contributed by atoms with Gasteiger partial charge in [0, 0.05) is 10.00 Å². The molecule has 0 fully saturated rings. The quantitative estimate of drug-likeness (QED) is 0.647. The minimum Gasteiger partial charge on any atom is -0.171 e. The standard InChI is InChI=1S/C9H17F3S2/c1-5-7(6-9(10,11)12)13-14-8(2,3)4/h7H,5-6H2,1-4H3. The van der Waals surface area contributed by atoms with Crippen LogP contribution in [0.3, 0.4) is 0 Å². The highest BCUT2D eigenvalue weighted by molar-refractivity contribution is 8.77. The van der Waals surface area contributed by atoms with Crippen molar-refractivity contribution in [1.29, 1.82) is 0 Å². The molecule has 0 nitrogen and oxygen atoms in total. The Bertz CT molecular complexity index is 160. The summed E-state index contributed by atoms with van der Waals surface area (Å²) in [7, 11) is 2.88. The lowest BCUT2D eigenvalue weighted by atomic mass is 10.2. The maximum absolute atomic E-state index is 12.1. The van der Waals surface area contributed by atoms with E-state index in [-0.39, 0.29) is 10.00 Å². The van der Waals surface area contributed by atoms with Gasteiger partial charge < -0.3 is 0 Å². The van der Waals surface area contributed by atoms with E-state index in [2.05, 4.69) is 0 Å². The van der Waals surface area contributed by atoms with Crippen LogP contribution in [0.15, 0.2) is 0 Å². The molecule has 0 saturated heterocycles. The highest BCUT2D eigenvalue weighted by atomic mass is 33.1. The maximum Gasteiger partial charge on any atom is 0.390 e. The predicted molar refractivity (Wildman–Crippen MR) is 59.7 cm³/mol. The number of rotatable bonds is 4. The second-order valence-electron chi connectivity index (χ2n) is 4.14. The van der Waals surface area contributed by atoms with Crippen LogP contribution < -0.4 is 0 Å². The van der Waals surface area contributed by atoms with E-state index in [0.29, 0.717) is 6.42 Å². The van der Waals surface area contributed by atoms with Gasteiger partial charge in [-0.3, -0.25) is 0 Å². The van der Waals surface area contributed by atoms with E-state index < -0.39 is 12.6 Å². The van der Waals surface area contributed by atoms with Gasteiger partial charge in [0.1, 0.15) is 0 Å². The van der Waals surface area contributed by atoms with Crippen molar-refractivity contribution in [3.05, 3.63) is 0 Å². The minimum absolute atomic E-state index is 0.0175. The zero-order valence-corrected chi connectivity index (χ0v) is 10.6. The van der Waals surface area contributed by atoms with Crippen LogP contribution in [0.2, 0.25) is 0 Å². The summed E-state index contributed by atoms with van der Waals surface area (Å²) in [6, 6.07) is 0. The van der Waals surface area contributed by atoms with Gasteiger partial charge in [-0.25, -0.2) is 0 Å². The number of hydrogen-bond donors (Lipinski definition) is 0. The summed E-state index contributed by atoms with van der Waals surface area (Å²) in [5.41, 5.74) is 0. The molecule has 0 heterocycles. The summed E-state index contributed by atoms with van der Waals surface area (Å²) in [4.78, 5) is 0. The van der Waals surface area contributed by atoms with Crippen molar-refractivity contribution < 1.29 is 13.2 Å². The highest BCUT2D eigenvalue weighted by Gasteiger charge is 2.32. The molecule has 0 aromatic rings. The molecule has 0 aromatic carbocycles. The Labute approximate surface area is 91.8 Å². The molecule has 14 heavy (non-hydrogen) atoms. The Morgan fingerprint density at radius 2 is 1.64 bits per heavy atom. The van der Waals surface area contributed by atoms with E-state index in [9.17, 15) is 13.2 Å². The minimum atomic E-state index is -4.04.